The van der Waals surface area contributed by atoms with Crippen molar-refractivity contribution < 1.29 is 5.11 Å². The second-order valence-corrected chi connectivity index (χ2v) is 4.54. The van der Waals surface area contributed by atoms with E-state index in [2.05, 4.69) is 36.3 Å². The number of rotatable bonds is 1. The van der Waals surface area contributed by atoms with Crippen molar-refractivity contribution in [1.29, 1.82) is 0 Å². The Hall–Kier alpha value is -2.29. The highest BCUT2D eigenvalue weighted by atomic mass is 16.3. The molecule has 3 aromatic rings. The van der Waals surface area contributed by atoms with Crippen LogP contribution in [0.3, 0.4) is 0 Å². The number of hydrogen-bond donors (Lipinski definition) is 1. The molecule has 0 aliphatic rings. The fraction of sp³-hybridized carbons (Fsp3) is 0.133. The van der Waals surface area contributed by atoms with Gasteiger partial charge in [-0.05, 0) is 25.1 Å². The molecule has 0 aliphatic carbocycles. The summed E-state index contributed by atoms with van der Waals surface area (Å²) in [7, 11) is 1.92. The predicted molar refractivity (Wildman–Crippen MR) is 72.6 cm³/mol. The van der Waals surface area contributed by atoms with Gasteiger partial charge < -0.3 is 5.11 Å². The summed E-state index contributed by atoms with van der Waals surface area (Å²) in [4.78, 5) is 0. The summed E-state index contributed by atoms with van der Waals surface area (Å²) in [6.07, 6.45) is 0. The molecule has 0 spiro atoms. The summed E-state index contributed by atoms with van der Waals surface area (Å²) in [5.41, 5.74) is 4.26. The van der Waals surface area contributed by atoms with E-state index in [0.29, 0.717) is 0 Å². The van der Waals surface area contributed by atoms with Gasteiger partial charge in [-0.15, -0.1) is 0 Å². The summed E-state index contributed by atoms with van der Waals surface area (Å²) in [6.45, 7) is 2.07. The van der Waals surface area contributed by atoms with Gasteiger partial charge in [0.25, 0.3) is 0 Å². The Morgan fingerprint density at radius 2 is 1.78 bits per heavy atom. The van der Waals surface area contributed by atoms with Crippen LogP contribution in [-0.4, -0.2) is 14.9 Å². The van der Waals surface area contributed by atoms with Crippen LogP contribution in [-0.2, 0) is 7.05 Å². The van der Waals surface area contributed by atoms with Crippen molar-refractivity contribution in [2.45, 2.75) is 6.92 Å². The Kier molecular flexibility index (Phi) is 2.33. The van der Waals surface area contributed by atoms with Crippen LogP contribution in [0.15, 0.2) is 42.5 Å². The second-order valence-electron chi connectivity index (χ2n) is 4.54. The van der Waals surface area contributed by atoms with Gasteiger partial charge in [0.15, 0.2) is 0 Å². The predicted octanol–water partition coefficient (Wildman–Crippen LogP) is 3.25. The van der Waals surface area contributed by atoms with Crippen LogP contribution in [0.1, 0.15) is 5.56 Å². The van der Waals surface area contributed by atoms with Crippen molar-refractivity contribution >= 4 is 10.9 Å². The molecule has 0 aliphatic heterocycles. The third kappa shape index (κ3) is 1.64. The number of benzene rings is 2. The van der Waals surface area contributed by atoms with E-state index >= 15 is 0 Å². The van der Waals surface area contributed by atoms with E-state index in [1.54, 1.807) is 12.1 Å². The van der Waals surface area contributed by atoms with Gasteiger partial charge in [-0.1, -0.05) is 29.8 Å². The Balaban J connectivity index is 2.30. The molecule has 1 N–H and O–H groups in total. The quantitative estimate of drug-likeness (QED) is 0.706. The summed E-state index contributed by atoms with van der Waals surface area (Å²) in [5, 5.41) is 15.0. The monoisotopic (exact) mass is 238 g/mol. The van der Waals surface area contributed by atoms with Crippen LogP contribution < -0.4 is 0 Å². The fourth-order valence-corrected chi connectivity index (χ4v) is 2.24. The first kappa shape index (κ1) is 10.8. The topological polar surface area (TPSA) is 38.1 Å². The fourth-order valence-electron chi connectivity index (χ4n) is 2.24. The average Bonchev–Trinajstić information content (AvgIpc) is 2.66. The molecule has 0 unspecified atom stereocenters. The number of hydrogen-bond acceptors (Lipinski definition) is 2. The van der Waals surface area contributed by atoms with Crippen LogP contribution in [0.4, 0.5) is 0 Å². The normalized spacial score (nSPS) is 11.0. The van der Waals surface area contributed by atoms with Gasteiger partial charge in [0, 0.05) is 18.0 Å². The summed E-state index contributed by atoms with van der Waals surface area (Å²) < 4.78 is 1.86. The molecule has 0 saturated carbocycles. The van der Waals surface area contributed by atoms with Gasteiger partial charge in [-0.2, -0.15) is 5.10 Å². The summed E-state index contributed by atoms with van der Waals surface area (Å²) in [6, 6.07) is 13.6. The van der Waals surface area contributed by atoms with Gasteiger partial charge in [0.05, 0.1) is 11.2 Å². The first-order valence-electron chi connectivity index (χ1n) is 5.88. The number of fused-ring (bicyclic) bond motifs is 1. The molecule has 0 bridgehead atoms. The number of aromatic hydroxyl groups is 1. The van der Waals surface area contributed by atoms with E-state index < -0.39 is 0 Å². The van der Waals surface area contributed by atoms with Gasteiger partial charge in [0.1, 0.15) is 5.75 Å². The maximum absolute atomic E-state index is 9.62. The van der Waals surface area contributed by atoms with Crippen molar-refractivity contribution in [3.05, 3.63) is 48.0 Å². The highest BCUT2D eigenvalue weighted by Gasteiger charge is 2.11. The van der Waals surface area contributed by atoms with E-state index in [4.69, 9.17) is 0 Å². The smallest absolute Gasteiger partial charge is 0.116 e. The van der Waals surface area contributed by atoms with Gasteiger partial charge in [0.2, 0.25) is 0 Å². The molecule has 3 nitrogen and oxygen atoms in total. The first-order chi connectivity index (χ1) is 8.65. The van der Waals surface area contributed by atoms with Crippen LogP contribution in [0.25, 0.3) is 22.2 Å². The van der Waals surface area contributed by atoms with Crippen LogP contribution in [0.2, 0.25) is 0 Å². The zero-order valence-electron chi connectivity index (χ0n) is 10.4. The lowest BCUT2D eigenvalue weighted by molar-refractivity contribution is 0.476. The standard InChI is InChI=1S/C15H14N2O/c1-10-3-5-11(6-4-10)15-13-9-12(18)7-8-14(13)16-17(15)2/h3-9,18H,1-2H3. The Bertz CT molecular complexity index is 711. The van der Waals surface area contributed by atoms with Gasteiger partial charge >= 0.3 is 0 Å². The molecule has 1 aromatic heterocycles. The number of aryl methyl sites for hydroxylation is 2. The van der Waals surface area contributed by atoms with E-state index in [0.717, 1.165) is 22.2 Å². The van der Waals surface area contributed by atoms with Crippen molar-refractivity contribution in [3.8, 4) is 17.0 Å². The third-order valence-electron chi connectivity index (χ3n) is 3.14. The SMILES string of the molecule is Cc1ccc(-c2c3cc(O)ccc3nn2C)cc1. The molecule has 0 radical (unpaired) electrons. The molecular formula is C15H14N2O. The second kappa shape index (κ2) is 3.88. The maximum Gasteiger partial charge on any atom is 0.116 e. The van der Waals surface area contributed by atoms with Gasteiger partial charge in [-0.3, -0.25) is 4.68 Å². The molecule has 1 heterocycles. The minimum atomic E-state index is 0.267. The van der Waals surface area contributed by atoms with E-state index in [1.165, 1.54) is 5.56 Å². The number of aromatic nitrogens is 2. The van der Waals surface area contributed by atoms with Crippen LogP contribution in [0.5, 0.6) is 5.75 Å². The Morgan fingerprint density at radius 3 is 2.50 bits per heavy atom. The molecule has 3 heteroatoms. The molecule has 0 saturated heterocycles. The molecule has 0 atom stereocenters. The van der Waals surface area contributed by atoms with Gasteiger partial charge in [-0.25, -0.2) is 0 Å². The Morgan fingerprint density at radius 1 is 1.06 bits per heavy atom. The molecule has 90 valence electrons. The minimum absolute atomic E-state index is 0.267. The number of phenols is 1. The molecule has 0 amide bonds. The summed E-state index contributed by atoms with van der Waals surface area (Å²) >= 11 is 0. The number of nitrogens with zero attached hydrogens (tertiary/aromatic N) is 2. The van der Waals surface area contributed by atoms with Crippen molar-refractivity contribution in [3.63, 3.8) is 0 Å². The lowest BCUT2D eigenvalue weighted by Gasteiger charge is -2.03. The minimum Gasteiger partial charge on any atom is -0.508 e. The Labute approximate surface area is 105 Å². The maximum atomic E-state index is 9.62. The average molecular weight is 238 g/mol. The molecule has 3 rings (SSSR count). The zero-order chi connectivity index (χ0) is 12.7. The van der Waals surface area contributed by atoms with Crippen molar-refractivity contribution in [2.24, 2.45) is 7.05 Å². The van der Waals surface area contributed by atoms with Crippen LogP contribution >= 0.6 is 0 Å². The third-order valence-corrected chi connectivity index (χ3v) is 3.14. The van der Waals surface area contributed by atoms with E-state index in [-0.39, 0.29) is 5.75 Å². The highest BCUT2D eigenvalue weighted by molar-refractivity contribution is 5.94. The van der Waals surface area contributed by atoms with E-state index in [1.807, 2.05) is 17.8 Å². The molecule has 2 aromatic carbocycles. The summed E-state index contributed by atoms with van der Waals surface area (Å²) in [5.74, 6) is 0.267. The van der Waals surface area contributed by atoms with Crippen LogP contribution in [0, 0.1) is 6.92 Å². The largest absolute Gasteiger partial charge is 0.508 e. The molecule has 0 fully saturated rings. The number of phenolic OH excluding ortho intramolecular Hbond substituents is 1. The van der Waals surface area contributed by atoms with E-state index in [9.17, 15) is 5.11 Å². The molecule has 18 heavy (non-hydrogen) atoms. The lowest BCUT2D eigenvalue weighted by atomic mass is 10.1. The highest BCUT2D eigenvalue weighted by Crippen LogP contribution is 2.30. The lowest BCUT2D eigenvalue weighted by Crippen LogP contribution is -1.93. The van der Waals surface area contributed by atoms with Crippen molar-refractivity contribution in [2.75, 3.05) is 0 Å². The zero-order valence-corrected chi connectivity index (χ0v) is 10.4. The van der Waals surface area contributed by atoms with Crippen molar-refractivity contribution in [1.82, 2.24) is 9.78 Å². The molecular weight excluding hydrogens is 224 g/mol. The first-order valence-corrected chi connectivity index (χ1v) is 5.88.